The van der Waals surface area contributed by atoms with Gasteiger partial charge in [0.25, 0.3) is 15.9 Å². The van der Waals surface area contributed by atoms with Crippen LogP contribution in [0.1, 0.15) is 29.0 Å². The van der Waals surface area contributed by atoms with Gasteiger partial charge in [0.15, 0.2) is 0 Å². The van der Waals surface area contributed by atoms with Gasteiger partial charge < -0.3 is 16.0 Å². The fourth-order valence-corrected chi connectivity index (χ4v) is 3.72. The SMILES string of the molecule is Cc1[nH]c(C(=O)NC2CCN(S(=O)(=O)C(N)=O)CC2)c(Cl)c1Cl. The molecule has 1 fully saturated rings. The molecule has 1 aliphatic rings. The lowest BCUT2D eigenvalue weighted by molar-refractivity contribution is 0.0919. The molecule has 0 atom stereocenters. The first-order chi connectivity index (χ1) is 10.6. The maximum absolute atomic E-state index is 12.2. The van der Waals surface area contributed by atoms with E-state index >= 15 is 0 Å². The Kier molecular flexibility index (Phi) is 5.24. The normalized spacial score (nSPS) is 17.2. The van der Waals surface area contributed by atoms with Crippen LogP contribution in [0.5, 0.6) is 0 Å². The lowest BCUT2D eigenvalue weighted by Crippen LogP contribution is -2.49. The van der Waals surface area contributed by atoms with Crippen LogP contribution in [0, 0.1) is 6.92 Å². The Labute approximate surface area is 143 Å². The first kappa shape index (κ1) is 18.1. The lowest BCUT2D eigenvalue weighted by atomic mass is 10.1. The topological polar surface area (TPSA) is 125 Å². The molecule has 0 aliphatic carbocycles. The molecule has 0 aromatic carbocycles. The summed E-state index contributed by atoms with van der Waals surface area (Å²) in [4.78, 5) is 25.9. The number of carbonyl (C=O) groups is 2. The van der Waals surface area contributed by atoms with Crippen LogP contribution >= 0.6 is 23.2 Å². The van der Waals surface area contributed by atoms with Crippen molar-refractivity contribution >= 4 is 44.4 Å². The van der Waals surface area contributed by atoms with Crippen molar-refractivity contribution in [3.63, 3.8) is 0 Å². The number of piperidine rings is 1. The molecule has 1 aromatic heterocycles. The van der Waals surface area contributed by atoms with Gasteiger partial charge in [0, 0.05) is 24.8 Å². The largest absolute Gasteiger partial charge is 0.355 e. The van der Waals surface area contributed by atoms with E-state index in [0.29, 0.717) is 23.6 Å². The van der Waals surface area contributed by atoms with Crippen LogP contribution in [0.4, 0.5) is 4.79 Å². The van der Waals surface area contributed by atoms with Gasteiger partial charge in [0.05, 0.1) is 10.0 Å². The molecule has 2 rings (SSSR count). The number of aromatic amines is 1. The molecule has 1 aromatic rings. The summed E-state index contributed by atoms with van der Waals surface area (Å²) < 4.78 is 24.3. The Bertz CT molecular complexity index is 738. The minimum Gasteiger partial charge on any atom is -0.355 e. The average Bonchev–Trinajstić information content (AvgIpc) is 2.75. The predicted octanol–water partition coefficient (Wildman–Crippen LogP) is 1.23. The summed E-state index contributed by atoms with van der Waals surface area (Å²) in [5.74, 6) is -0.416. The van der Waals surface area contributed by atoms with Gasteiger partial charge in [-0.25, -0.2) is 8.42 Å². The van der Waals surface area contributed by atoms with Gasteiger partial charge in [-0.1, -0.05) is 23.2 Å². The number of H-pyrrole nitrogens is 1. The highest BCUT2D eigenvalue weighted by atomic mass is 35.5. The van der Waals surface area contributed by atoms with E-state index in [-0.39, 0.29) is 29.8 Å². The molecular weight excluding hydrogens is 367 g/mol. The Morgan fingerprint density at radius 1 is 1.26 bits per heavy atom. The molecule has 1 aliphatic heterocycles. The van der Waals surface area contributed by atoms with Gasteiger partial charge in [-0.15, -0.1) is 0 Å². The van der Waals surface area contributed by atoms with E-state index in [0.717, 1.165) is 4.31 Å². The molecule has 8 nitrogen and oxygen atoms in total. The number of primary amides is 1. The quantitative estimate of drug-likeness (QED) is 0.726. The Balaban J connectivity index is 1.98. The Morgan fingerprint density at radius 3 is 2.26 bits per heavy atom. The maximum atomic E-state index is 12.2. The second kappa shape index (κ2) is 6.68. The first-order valence-electron chi connectivity index (χ1n) is 6.78. The number of aryl methyl sites for hydroxylation is 1. The van der Waals surface area contributed by atoms with Crippen molar-refractivity contribution in [3.05, 3.63) is 21.4 Å². The number of halogens is 2. The van der Waals surface area contributed by atoms with E-state index in [4.69, 9.17) is 28.9 Å². The number of sulfonamides is 1. The molecule has 11 heteroatoms. The Hall–Kier alpha value is -1.29. The molecule has 0 unspecified atom stereocenters. The van der Waals surface area contributed by atoms with Crippen LogP contribution in [0.2, 0.25) is 10.0 Å². The molecule has 0 bridgehead atoms. The highest BCUT2D eigenvalue weighted by molar-refractivity contribution is 8.03. The number of aromatic nitrogens is 1. The van der Waals surface area contributed by atoms with E-state index in [2.05, 4.69) is 10.3 Å². The summed E-state index contributed by atoms with van der Waals surface area (Å²) >= 11 is 11.9. The van der Waals surface area contributed by atoms with Crippen LogP contribution in [0.25, 0.3) is 0 Å². The molecule has 23 heavy (non-hydrogen) atoms. The minimum atomic E-state index is -4.10. The van der Waals surface area contributed by atoms with Crippen LogP contribution in [0.3, 0.4) is 0 Å². The monoisotopic (exact) mass is 382 g/mol. The third-order valence-corrected chi connectivity index (χ3v) is 6.16. The van der Waals surface area contributed by atoms with Crippen molar-refractivity contribution < 1.29 is 18.0 Å². The van der Waals surface area contributed by atoms with Crippen molar-refractivity contribution in [2.45, 2.75) is 25.8 Å². The summed E-state index contributed by atoms with van der Waals surface area (Å²) in [6.07, 6.45) is 0.729. The zero-order valence-corrected chi connectivity index (χ0v) is 14.6. The highest BCUT2D eigenvalue weighted by Crippen LogP contribution is 2.29. The van der Waals surface area contributed by atoms with Crippen LogP contribution in [-0.4, -0.2) is 48.0 Å². The molecule has 128 valence electrons. The molecule has 0 saturated carbocycles. The van der Waals surface area contributed by atoms with Crippen LogP contribution in [0.15, 0.2) is 0 Å². The van der Waals surface area contributed by atoms with Gasteiger partial charge in [-0.05, 0) is 19.8 Å². The second-order valence-corrected chi connectivity index (χ2v) is 7.85. The fourth-order valence-electron chi connectivity index (χ4n) is 2.35. The van der Waals surface area contributed by atoms with Gasteiger partial charge in [-0.3, -0.25) is 9.59 Å². The number of nitrogens with zero attached hydrogens (tertiary/aromatic N) is 1. The number of nitrogens with one attached hydrogen (secondary N) is 2. The van der Waals surface area contributed by atoms with E-state index in [1.165, 1.54) is 0 Å². The predicted molar refractivity (Wildman–Crippen MR) is 86.1 cm³/mol. The van der Waals surface area contributed by atoms with Crippen molar-refractivity contribution in [2.75, 3.05) is 13.1 Å². The van der Waals surface area contributed by atoms with Crippen molar-refractivity contribution in [1.82, 2.24) is 14.6 Å². The summed E-state index contributed by atoms with van der Waals surface area (Å²) in [6.45, 7) is 1.90. The number of amides is 2. The van der Waals surface area contributed by atoms with Gasteiger partial charge >= 0.3 is 5.24 Å². The molecule has 2 heterocycles. The third kappa shape index (κ3) is 3.63. The average molecular weight is 383 g/mol. The van der Waals surface area contributed by atoms with Crippen molar-refractivity contribution in [1.29, 1.82) is 0 Å². The molecule has 0 radical (unpaired) electrons. The molecule has 4 N–H and O–H groups in total. The summed E-state index contributed by atoms with van der Waals surface area (Å²) in [7, 11) is -4.10. The van der Waals surface area contributed by atoms with Gasteiger partial charge in [0.1, 0.15) is 5.69 Å². The number of rotatable bonds is 3. The van der Waals surface area contributed by atoms with Crippen molar-refractivity contribution in [2.24, 2.45) is 5.73 Å². The van der Waals surface area contributed by atoms with Gasteiger partial charge in [0.2, 0.25) is 0 Å². The molecule has 1 saturated heterocycles. The number of hydrogen-bond acceptors (Lipinski definition) is 4. The van der Waals surface area contributed by atoms with E-state index in [9.17, 15) is 18.0 Å². The zero-order chi connectivity index (χ0) is 17.4. The lowest BCUT2D eigenvalue weighted by Gasteiger charge is -2.30. The second-order valence-electron chi connectivity index (χ2n) is 5.22. The maximum Gasteiger partial charge on any atom is 0.349 e. The van der Waals surface area contributed by atoms with E-state index < -0.39 is 21.2 Å². The highest BCUT2D eigenvalue weighted by Gasteiger charge is 2.32. The Morgan fingerprint density at radius 2 is 1.83 bits per heavy atom. The number of nitrogens with two attached hydrogens (primary N) is 1. The van der Waals surface area contributed by atoms with Crippen LogP contribution in [-0.2, 0) is 10.0 Å². The summed E-state index contributed by atoms with van der Waals surface area (Å²) in [5.41, 5.74) is 5.61. The first-order valence-corrected chi connectivity index (χ1v) is 8.98. The number of hydrogen-bond donors (Lipinski definition) is 3. The summed E-state index contributed by atoms with van der Waals surface area (Å²) in [5, 5.41) is 1.83. The van der Waals surface area contributed by atoms with E-state index in [1.54, 1.807) is 6.92 Å². The van der Waals surface area contributed by atoms with Crippen molar-refractivity contribution in [3.8, 4) is 0 Å². The molecule has 0 spiro atoms. The number of carbonyl (C=O) groups excluding carboxylic acids is 2. The minimum absolute atomic E-state index is 0.106. The van der Waals surface area contributed by atoms with E-state index in [1.807, 2.05) is 0 Å². The third-order valence-electron chi connectivity index (χ3n) is 3.66. The molecule has 2 amide bonds. The molecular formula is C12H16Cl2N4O4S. The zero-order valence-electron chi connectivity index (χ0n) is 12.2. The fraction of sp³-hybridized carbons (Fsp3) is 0.500. The van der Waals surface area contributed by atoms with Crippen LogP contribution < -0.4 is 11.1 Å². The van der Waals surface area contributed by atoms with Gasteiger partial charge in [-0.2, -0.15) is 4.31 Å². The standard InChI is InChI=1S/C12H16Cl2N4O4S/c1-6-8(13)9(14)10(16-6)11(19)17-7-2-4-18(5-3-7)23(21,22)12(15)20/h7,16H,2-5H2,1H3,(H2,15,20)(H,17,19). The summed E-state index contributed by atoms with van der Waals surface area (Å²) in [6, 6.07) is -0.236. The smallest absolute Gasteiger partial charge is 0.349 e.